The first-order chi connectivity index (χ1) is 8.48. The Morgan fingerprint density at radius 2 is 2.28 bits per heavy atom. The molecule has 0 fully saturated rings. The van der Waals surface area contributed by atoms with Gasteiger partial charge < -0.3 is 10.4 Å². The van der Waals surface area contributed by atoms with E-state index in [0.717, 1.165) is 24.9 Å². The predicted octanol–water partition coefficient (Wildman–Crippen LogP) is 1.81. The largest absolute Gasteiger partial charge is 0.480 e. The zero-order chi connectivity index (χ0) is 13.6. The van der Waals surface area contributed by atoms with Gasteiger partial charge in [0.15, 0.2) is 0 Å². The van der Waals surface area contributed by atoms with Crippen LogP contribution in [0.25, 0.3) is 0 Å². The Morgan fingerprint density at radius 1 is 1.56 bits per heavy atom. The second kappa shape index (κ2) is 6.54. The molecule has 0 aliphatic carbocycles. The molecule has 0 aliphatic rings. The number of nitrogens with one attached hydrogen (secondary N) is 1. The summed E-state index contributed by atoms with van der Waals surface area (Å²) in [5.74, 6) is -0.778. The molecular weight excluding hydrogens is 230 g/mol. The maximum Gasteiger partial charge on any atom is 0.323 e. The first kappa shape index (κ1) is 14.7. The summed E-state index contributed by atoms with van der Waals surface area (Å²) in [6.07, 6.45) is 6.28. The maximum absolute atomic E-state index is 11.2. The number of carboxylic acids is 1. The third-order valence-corrected chi connectivity index (χ3v) is 3.12. The van der Waals surface area contributed by atoms with E-state index in [2.05, 4.69) is 10.4 Å². The van der Waals surface area contributed by atoms with Gasteiger partial charge in [-0.1, -0.05) is 6.92 Å². The Labute approximate surface area is 108 Å². The van der Waals surface area contributed by atoms with Gasteiger partial charge in [-0.3, -0.25) is 9.48 Å². The number of hydrogen-bond acceptors (Lipinski definition) is 3. The summed E-state index contributed by atoms with van der Waals surface area (Å²) in [6, 6.07) is 0. The van der Waals surface area contributed by atoms with Gasteiger partial charge in [-0.05, 0) is 45.2 Å². The van der Waals surface area contributed by atoms with Crippen LogP contribution >= 0.6 is 0 Å². The van der Waals surface area contributed by atoms with Gasteiger partial charge in [-0.25, -0.2) is 0 Å². The molecule has 1 atom stereocenters. The Bertz CT molecular complexity index is 389. The zero-order valence-electron chi connectivity index (χ0n) is 11.4. The van der Waals surface area contributed by atoms with Crippen molar-refractivity contribution in [3.8, 4) is 0 Å². The van der Waals surface area contributed by atoms with Crippen molar-refractivity contribution in [3.63, 3.8) is 0 Å². The fraction of sp³-hybridized carbons (Fsp3) is 0.692. The summed E-state index contributed by atoms with van der Waals surface area (Å²) in [5, 5.41) is 16.4. The summed E-state index contributed by atoms with van der Waals surface area (Å²) in [6.45, 7) is 7.19. The summed E-state index contributed by atoms with van der Waals surface area (Å²) in [4.78, 5) is 11.2. The predicted molar refractivity (Wildman–Crippen MR) is 70.5 cm³/mol. The number of hydrogen-bond donors (Lipinski definition) is 2. The van der Waals surface area contributed by atoms with Gasteiger partial charge in [0, 0.05) is 12.7 Å². The van der Waals surface area contributed by atoms with Gasteiger partial charge in [-0.2, -0.15) is 5.10 Å². The second-order valence-corrected chi connectivity index (χ2v) is 4.91. The standard InChI is InChI=1S/C13H23N3O2/c1-4-14-13(3,12(17)18)7-5-6-8-16-10-11(2)9-15-16/h9-10,14H,4-8H2,1-3H3,(H,17,18). The molecule has 0 saturated heterocycles. The Kier molecular flexibility index (Phi) is 5.34. The van der Waals surface area contributed by atoms with E-state index in [0.29, 0.717) is 13.0 Å². The van der Waals surface area contributed by atoms with Gasteiger partial charge in [0.05, 0.1) is 6.20 Å². The number of aromatic nitrogens is 2. The van der Waals surface area contributed by atoms with E-state index >= 15 is 0 Å². The molecular formula is C13H23N3O2. The molecule has 1 rings (SSSR count). The minimum atomic E-state index is -0.811. The molecule has 1 heterocycles. The maximum atomic E-state index is 11.2. The molecule has 1 aromatic heterocycles. The third kappa shape index (κ3) is 4.14. The highest BCUT2D eigenvalue weighted by Crippen LogP contribution is 2.14. The number of carbonyl (C=O) groups is 1. The van der Waals surface area contributed by atoms with Crippen molar-refractivity contribution in [2.75, 3.05) is 6.54 Å². The van der Waals surface area contributed by atoms with Crippen molar-refractivity contribution in [1.82, 2.24) is 15.1 Å². The van der Waals surface area contributed by atoms with Crippen LogP contribution in [-0.4, -0.2) is 32.9 Å². The number of nitrogens with zero attached hydrogens (tertiary/aromatic N) is 2. The summed E-state index contributed by atoms with van der Waals surface area (Å²) < 4.78 is 1.90. The lowest BCUT2D eigenvalue weighted by Crippen LogP contribution is -2.49. The summed E-state index contributed by atoms with van der Waals surface area (Å²) in [7, 11) is 0. The van der Waals surface area contributed by atoms with E-state index in [4.69, 9.17) is 0 Å². The molecule has 0 aromatic carbocycles. The Balaban J connectivity index is 2.33. The fourth-order valence-electron chi connectivity index (χ4n) is 2.00. The number of likely N-dealkylation sites (N-methyl/N-ethyl adjacent to an activating group) is 1. The van der Waals surface area contributed by atoms with E-state index in [-0.39, 0.29) is 0 Å². The van der Waals surface area contributed by atoms with Gasteiger partial charge in [0.25, 0.3) is 0 Å². The molecule has 2 N–H and O–H groups in total. The highest BCUT2D eigenvalue weighted by atomic mass is 16.4. The van der Waals surface area contributed by atoms with Gasteiger partial charge in [0.2, 0.25) is 0 Å². The average Bonchev–Trinajstić information content (AvgIpc) is 2.71. The number of aliphatic carboxylic acids is 1. The number of aryl methyl sites for hydroxylation is 2. The van der Waals surface area contributed by atoms with Crippen LogP contribution < -0.4 is 5.32 Å². The molecule has 0 amide bonds. The quantitative estimate of drug-likeness (QED) is 0.693. The molecule has 0 spiro atoms. The molecule has 5 heteroatoms. The van der Waals surface area contributed by atoms with E-state index in [1.165, 1.54) is 0 Å². The number of unbranched alkanes of at least 4 members (excludes halogenated alkanes) is 1. The van der Waals surface area contributed by atoms with E-state index < -0.39 is 11.5 Å². The molecule has 1 unspecified atom stereocenters. The smallest absolute Gasteiger partial charge is 0.323 e. The molecule has 0 saturated carbocycles. The van der Waals surface area contributed by atoms with E-state index in [9.17, 15) is 9.90 Å². The fourth-order valence-corrected chi connectivity index (χ4v) is 2.00. The van der Waals surface area contributed by atoms with Crippen LogP contribution in [-0.2, 0) is 11.3 Å². The molecule has 0 aliphatic heterocycles. The monoisotopic (exact) mass is 253 g/mol. The van der Waals surface area contributed by atoms with E-state index in [1.807, 2.05) is 30.9 Å². The van der Waals surface area contributed by atoms with Crippen molar-refractivity contribution >= 4 is 5.97 Å². The number of rotatable bonds is 8. The summed E-state index contributed by atoms with van der Waals surface area (Å²) >= 11 is 0. The molecule has 1 aromatic rings. The minimum Gasteiger partial charge on any atom is -0.480 e. The first-order valence-electron chi connectivity index (χ1n) is 6.45. The average molecular weight is 253 g/mol. The van der Waals surface area contributed by atoms with Crippen LogP contribution in [0.4, 0.5) is 0 Å². The molecule has 0 bridgehead atoms. The highest BCUT2D eigenvalue weighted by Gasteiger charge is 2.30. The third-order valence-electron chi connectivity index (χ3n) is 3.12. The van der Waals surface area contributed by atoms with E-state index in [1.54, 1.807) is 6.92 Å². The van der Waals surface area contributed by atoms with Crippen LogP contribution in [0.3, 0.4) is 0 Å². The van der Waals surface area contributed by atoms with Crippen molar-refractivity contribution in [2.45, 2.75) is 52.1 Å². The second-order valence-electron chi connectivity index (χ2n) is 4.91. The van der Waals surface area contributed by atoms with Crippen molar-refractivity contribution in [1.29, 1.82) is 0 Å². The van der Waals surface area contributed by atoms with Crippen molar-refractivity contribution in [3.05, 3.63) is 18.0 Å². The van der Waals surface area contributed by atoms with Crippen LogP contribution in [0.1, 0.15) is 38.7 Å². The molecule has 5 nitrogen and oxygen atoms in total. The first-order valence-corrected chi connectivity index (χ1v) is 6.45. The van der Waals surface area contributed by atoms with Gasteiger partial charge in [-0.15, -0.1) is 0 Å². The lowest BCUT2D eigenvalue weighted by atomic mass is 9.95. The lowest BCUT2D eigenvalue weighted by Gasteiger charge is -2.25. The topological polar surface area (TPSA) is 67.2 Å². The van der Waals surface area contributed by atoms with Gasteiger partial charge in [0.1, 0.15) is 5.54 Å². The molecule has 0 radical (unpaired) electrons. The Morgan fingerprint density at radius 3 is 2.78 bits per heavy atom. The van der Waals surface area contributed by atoms with Crippen molar-refractivity contribution in [2.24, 2.45) is 0 Å². The lowest BCUT2D eigenvalue weighted by molar-refractivity contribution is -0.144. The normalized spacial score (nSPS) is 14.4. The van der Waals surface area contributed by atoms with Crippen LogP contribution in [0.15, 0.2) is 12.4 Å². The summed E-state index contributed by atoms with van der Waals surface area (Å²) in [5.41, 5.74) is 0.340. The van der Waals surface area contributed by atoms with Crippen LogP contribution in [0.5, 0.6) is 0 Å². The Hall–Kier alpha value is -1.36. The highest BCUT2D eigenvalue weighted by molar-refractivity contribution is 5.78. The van der Waals surface area contributed by atoms with Crippen LogP contribution in [0.2, 0.25) is 0 Å². The minimum absolute atomic E-state index is 0.635. The SMILES string of the molecule is CCNC(C)(CCCCn1cc(C)cn1)C(=O)O. The number of carboxylic acid groups (broad SMARTS) is 1. The van der Waals surface area contributed by atoms with Gasteiger partial charge >= 0.3 is 5.97 Å². The molecule has 18 heavy (non-hydrogen) atoms. The zero-order valence-corrected chi connectivity index (χ0v) is 11.4. The van der Waals surface area contributed by atoms with Crippen LogP contribution in [0, 0.1) is 6.92 Å². The molecule has 102 valence electrons. The van der Waals surface area contributed by atoms with Crippen molar-refractivity contribution < 1.29 is 9.90 Å².